The van der Waals surface area contributed by atoms with E-state index in [1.807, 2.05) is 0 Å². The molecule has 4 atom stereocenters. The molecule has 0 radical (unpaired) electrons. The van der Waals surface area contributed by atoms with Gasteiger partial charge in [-0.3, -0.25) is 4.79 Å². The van der Waals surface area contributed by atoms with Crippen LogP contribution in [0.25, 0.3) is 0 Å². The summed E-state index contributed by atoms with van der Waals surface area (Å²) >= 11 is 0. The number of carbonyl (C=O) groups is 1. The van der Waals surface area contributed by atoms with Crippen molar-refractivity contribution in [3.8, 4) is 0 Å². The summed E-state index contributed by atoms with van der Waals surface area (Å²) in [6.45, 7) is -0.805. The lowest BCUT2D eigenvalue weighted by Gasteiger charge is -2.24. The van der Waals surface area contributed by atoms with Gasteiger partial charge in [-0.2, -0.15) is 0 Å². The molecule has 0 aliphatic carbocycles. The van der Waals surface area contributed by atoms with Crippen LogP contribution in [-0.2, 0) is 0 Å². The van der Waals surface area contributed by atoms with Crippen molar-refractivity contribution in [1.82, 2.24) is 0 Å². The molecule has 0 aliphatic heterocycles. The third kappa shape index (κ3) is 3.72. The van der Waals surface area contributed by atoms with E-state index in [0.29, 0.717) is 5.69 Å². The second kappa shape index (κ2) is 6.60. The first-order valence-corrected chi connectivity index (χ1v) is 5.61. The van der Waals surface area contributed by atoms with Crippen LogP contribution < -0.4 is 5.73 Å². The van der Waals surface area contributed by atoms with Gasteiger partial charge in [-0.25, -0.2) is 0 Å². The summed E-state index contributed by atoms with van der Waals surface area (Å²) < 4.78 is 0. The fourth-order valence-electron chi connectivity index (χ4n) is 1.50. The van der Waals surface area contributed by atoms with E-state index in [0.717, 1.165) is 0 Å². The van der Waals surface area contributed by atoms with Gasteiger partial charge in [-0.15, -0.1) is 0 Å². The zero-order valence-corrected chi connectivity index (χ0v) is 10.0. The van der Waals surface area contributed by atoms with Gasteiger partial charge in [0.15, 0.2) is 5.78 Å². The van der Waals surface area contributed by atoms with E-state index >= 15 is 0 Å². The maximum absolute atomic E-state index is 11.8. The summed E-state index contributed by atoms with van der Waals surface area (Å²) in [5.41, 5.74) is 5.98. The molecule has 0 saturated heterocycles. The Kier molecular flexibility index (Phi) is 5.40. The second-order valence-electron chi connectivity index (χ2n) is 4.16. The average Bonchev–Trinajstić information content (AvgIpc) is 2.44. The number of nitrogens with two attached hydrogens (primary N) is 1. The van der Waals surface area contributed by atoms with Crippen LogP contribution in [-0.4, -0.2) is 62.3 Å². The number of hydrogen-bond donors (Lipinski definition) is 6. The second-order valence-corrected chi connectivity index (χ2v) is 4.16. The number of aliphatic hydroxyl groups is 5. The van der Waals surface area contributed by atoms with Crippen LogP contribution in [0.1, 0.15) is 10.4 Å². The van der Waals surface area contributed by atoms with Gasteiger partial charge in [-0.05, 0) is 24.3 Å². The van der Waals surface area contributed by atoms with Crippen LogP contribution in [0.3, 0.4) is 0 Å². The standard InChI is InChI=1S/C12H17NO6/c13-7-3-1-6(2-4-7)9(16)11(18)12(19)10(17)8(15)5-14/h1-4,8,10-12,14-15,17-19H,5,13H2. The molecule has 0 fully saturated rings. The smallest absolute Gasteiger partial charge is 0.194 e. The van der Waals surface area contributed by atoms with Gasteiger partial charge in [0.2, 0.25) is 0 Å². The van der Waals surface area contributed by atoms with Crippen molar-refractivity contribution >= 4 is 11.5 Å². The minimum atomic E-state index is -1.92. The molecule has 1 aromatic rings. The van der Waals surface area contributed by atoms with Crippen molar-refractivity contribution in [1.29, 1.82) is 0 Å². The molecule has 7 N–H and O–H groups in total. The van der Waals surface area contributed by atoms with Crippen molar-refractivity contribution in [3.05, 3.63) is 29.8 Å². The molecule has 106 valence electrons. The molecule has 0 spiro atoms. The Hall–Kier alpha value is -1.51. The number of nitrogen functional groups attached to an aromatic ring is 1. The van der Waals surface area contributed by atoms with Crippen LogP contribution in [0.15, 0.2) is 24.3 Å². The lowest BCUT2D eigenvalue weighted by atomic mass is 9.96. The Morgan fingerprint density at radius 3 is 2.05 bits per heavy atom. The van der Waals surface area contributed by atoms with Crippen molar-refractivity contribution < 1.29 is 30.3 Å². The Morgan fingerprint density at radius 1 is 1.05 bits per heavy atom. The highest BCUT2D eigenvalue weighted by Gasteiger charge is 2.34. The quantitative estimate of drug-likeness (QED) is 0.256. The fraction of sp³-hybridized carbons (Fsp3) is 0.417. The van der Waals surface area contributed by atoms with Crippen LogP contribution in [0.5, 0.6) is 0 Å². The summed E-state index contributed by atoms with van der Waals surface area (Å²) in [6.07, 6.45) is -7.31. The molecule has 7 nitrogen and oxygen atoms in total. The van der Waals surface area contributed by atoms with Gasteiger partial charge in [0, 0.05) is 11.3 Å². The number of aliphatic hydroxyl groups excluding tert-OH is 5. The number of ketones is 1. The average molecular weight is 271 g/mol. The van der Waals surface area contributed by atoms with E-state index in [1.54, 1.807) is 0 Å². The summed E-state index contributed by atoms with van der Waals surface area (Å²) in [5.74, 6) is -0.823. The zero-order valence-electron chi connectivity index (χ0n) is 10.0. The molecule has 1 aromatic carbocycles. The van der Waals surface area contributed by atoms with Gasteiger partial charge in [0.25, 0.3) is 0 Å². The van der Waals surface area contributed by atoms with Crippen molar-refractivity contribution in [2.45, 2.75) is 24.4 Å². The number of anilines is 1. The van der Waals surface area contributed by atoms with Crippen molar-refractivity contribution in [2.24, 2.45) is 0 Å². The third-order valence-corrected chi connectivity index (χ3v) is 2.72. The van der Waals surface area contributed by atoms with E-state index in [9.17, 15) is 20.1 Å². The molecule has 7 heteroatoms. The van der Waals surface area contributed by atoms with Crippen molar-refractivity contribution in [2.75, 3.05) is 12.3 Å². The first-order chi connectivity index (χ1) is 8.88. The van der Waals surface area contributed by atoms with Crippen LogP contribution in [0.2, 0.25) is 0 Å². The highest BCUT2D eigenvalue weighted by atomic mass is 16.4. The summed E-state index contributed by atoms with van der Waals surface area (Å²) in [5, 5.41) is 46.4. The van der Waals surface area contributed by atoms with E-state index in [2.05, 4.69) is 0 Å². The van der Waals surface area contributed by atoms with Gasteiger partial charge < -0.3 is 31.3 Å². The fourth-order valence-corrected chi connectivity index (χ4v) is 1.50. The normalized spacial score (nSPS) is 17.5. The largest absolute Gasteiger partial charge is 0.399 e. The molecular formula is C12H17NO6. The monoisotopic (exact) mass is 271 g/mol. The molecule has 0 saturated carbocycles. The van der Waals surface area contributed by atoms with Gasteiger partial charge in [0.1, 0.15) is 24.4 Å². The third-order valence-electron chi connectivity index (χ3n) is 2.72. The number of Topliss-reactive ketones (excluding diaryl/α,β-unsaturated/α-hetero) is 1. The van der Waals surface area contributed by atoms with E-state index in [-0.39, 0.29) is 5.56 Å². The zero-order chi connectivity index (χ0) is 14.6. The van der Waals surface area contributed by atoms with Gasteiger partial charge >= 0.3 is 0 Å². The SMILES string of the molecule is Nc1ccc(C(=O)C(O)C(O)C(O)C(O)CO)cc1. The summed E-state index contributed by atoms with van der Waals surface area (Å²) in [7, 11) is 0. The topological polar surface area (TPSA) is 144 Å². The number of hydrogen-bond acceptors (Lipinski definition) is 7. The maximum atomic E-state index is 11.8. The lowest BCUT2D eigenvalue weighted by Crippen LogP contribution is -2.48. The number of benzene rings is 1. The number of carbonyl (C=O) groups excluding carboxylic acids is 1. The molecule has 0 aliphatic rings. The van der Waals surface area contributed by atoms with Crippen LogP contribution in [0.4, 0.5) is 5.69 Å². The van der Waals surface area contributed by atoms with Gasteiger partial charge in [0.05, 0.1) is 6.61 Å². The Labute approximate surface area is 109 Å². The van der Waals surface area contributed by atoms with Crippen molar-refractivity contribution in [3.63, 3.8) is 0 Å². The minimum Gasteiger partial charge on any atom is -0.399 e. The predicted molar refractivity (Wildman–Crippen MR) is 66.3 cm³/mol. The maximum Gasteiger partial charge on any atom is 0.194 e. The van der Waals surface area contributed by atoms with Gasteiger partial charge in [-0.1, -0.05) is 0 Å². The van der Waals surface area contributed by atoms with E-state index < -0.39 is 36.8 Å². The molecule has 0 amide bonds. The number of rotatable bonds is 6. The molecule has 0 bridgehead atoms. The van der Waals surface area contributed by atoms with Crippen LogP contribution >= 0.6 is 0 Å². The first kappa shape index (κ1) is 15.5. The van der Waals surface area contributed by atoms with E-state index in [4.69, 9.17) is 15.9 Å². The molecular weight excluding hydrogens is 254 g/mol. The first-order valence-electron chi connectivity index (χ1n) is 5.61. The molecule has 1 rings (SSSR count). The Bertz CT molecular complexity index is 421. The lowest BCUT2D eigenvalue weighted by molar-refractivity contribution is -0.105. The predicted octanol–water partition coefficient (Wildman–Crippen LogP) is -2.11. The highest BCUT2D eigenvalue weighted by molar-refractivity contribution is 5.99. The Morgan fingerprint density at radius 2 is 1.58 bits per heavy atom. The highest BCUT2D eigenvalue weighted by Crippen LogP contribution is 2.13. The molecule has 0 aromatic heterocycles. The summed E-state index contributed by atoms with van der Waals surface area (Å²) in [6, 6.07) is 5.63. The Balaban J connectivity index is 2.79. The minimum absolute atomic E-state index is 0.103. The molecule has 0 heterocycles. The van der Waals surface area contributed by atoms with Crippen LogP contribution in [0, 0.1) is 0 Å². The van der Waals surface area contributed by atoms with E-state index in [1.165, 1.54) is 24.3 Å². The molecule has 4 unspecified atom stereocenters. The molecule has 19 heavy (non-hydrogen) atoms. The summed E-state index contributed by atoms with van der Waals surface area (Å²) in [4.78, 5) is 11.8.